The Hall–Kier alpha value is -1.36. The molecule has 0 aliphatic rings. The second kappa shape index (κ2) is 6.54. The molecule has 0 spiro atoms. The summed E-state index contributed by atoms with van der Waals surface area (Å²) in [6.07, 6.45) is 0. The van der Waals surface area contributed by atoms with E-state index in [1.165, 1.54) is 13.8 Å². The zero-order valence-corrected chi connectivity index (χ0v) is 11.2. The van der Waals surface area contributed by atoms with Crippen LogP contribution in [0.1, 0.15) is 13.8 Å². The van der Waals surface area contributed by atoms with Crippen LogP contribution in [0, 0.1) is 0 Å². The first-order chi connectivity index (χ1) is 7.71. The molecule has 8 nitrogen and oxygen atoms in total. The molecule has 0 amide bonds. The van der Waals surface area contributed by atoms with Gasteiger partial charge in [-0.25, -0.2) is 0 Å². The molecular formula is C8H12O8S2. The SMILES string of the molecule is C=C(C)C(=O)S(=O)(=O)O.C=C(C)C(=O)S(=O)(=O)O. The molecule has 0 bridgehead atoms. The predicted molar refractivity (Wildman–Crippen MR) is 62.7 cm³/mol. The highest BCUT2D eigenvalue weighted by Crippen LogP contribution is 1.96. The fraction of sp³-hybridized carbons (Fsp3) is 0.250. The van der Waals surface area contributed by atoms with Gasteiger partial charge in [-0.3, -0.25) is 18.7 Å². The zero-order valence-electron chi connectivity index (χ0n) is 9.57. The van der Waals surface area contributed by atoms with Crippen LogP contribution in [0.15, 0.2) is 24.3 Å². The number of carbonyl (C=O) groups is 2. The second-order valence-electron chi connectivity index (χ2n) is 3.09. The largest absolute Gasteiger partial charge is 0.333 e. The molecule has 0 atom stereocenters. The van der Waals surface area contributed by atoms with E-state index in [9.17, 15) is 26.4 Å². The summed E-state index contributed by atoms with van der Waals surface area (Å²) in [5.41, 5.74) is -0.394. The van der Waals surface area contributed by atoms with Crippen LogP contribution in [0.5, 0.6) is 0 Å². The van der Waals surface area contributed by atoms with E-state index in [-0.39, 0.29) is 11.1 Å². The van der Waals surface area contributed by atoms with Crippen molar-refractivity contribution in [3.05, 3.63) is 24.3 Å². The van der Waals surface area contributed by atoms with Crippen LogP contribution >= 0.6 is 0 Å². The van der Waals surface area contributed by atoms with Gasteiger partial charge < -0.3 is 0 Å². The number of hydrogen-bond acceptors (Lipinski definition) is 6. The van der Waals surface area contributed by atoms with Crippen LogP contribution in [0.2, 0.25) is 0 Å². The van der Waals surface area contributed by atoms with Crippen molar-refractivity contribution in [3.8, 4) is 0 Å². The highest BCUT2D eigenvalue weighted by Gasteiger charge is 2.18. The first-order valence-electron chi connectivity index (χ1n) is 4.06. The fourth-order valence-electron chi connectivity index (χ4n) is 0.440. The summed E-state index contributed by atoms with van der Waals surface area (Å²) in [5.74, 6) is 0. The Balaban J connectivity index is 0. The Labute approximate surface area is 105 Å². The summed E-state index contributed by atoms with van der Waals surface area (Å²) in [6, 6.07) is 0. The fourth-order valence-corrected chi connectivity index (χ4v) is 1.32. The standard InChI is InChI=1S/2C4H6O4S/c2*1-3(2)4(5)9(6,7)8/h2*1H2,2H3,(H,6,7,8). The summed E-state index contributed by atoms with van der Waals surface area (Å²) < 4.78 is 55.7. The zero-order chi connectivity index (χ0) is 15.3. The molecule has 0 aliphatic heterocycles. The number of carbonyl (C=O) groups excluding carboxylic acids is 2. The minimum Gasteiger partial charge on any atom is -0.279 e. The van der Waals surface area contributed by atoms with Crippen LogP contribution < -0.4 is 0 Å². The van der Waals surface area contributed by atoms with Crippen LogP contribution in [-0.2, 0) is 29.8 Å². The van der Waals surface area contributed by atoms with Crippen LogP contribution in [0.3, 0.4) is 0 Å². The Morgan fingerprint density at radius 3 is 0.944 bits per heavy atom. The monoisotopic (exact) mass is 300 g/mol. The smallest absolute Gasteiger partial charge is 0.279 e. The molecule has 0 fully saturated rings. The van der Waals surface area contributed by atoms with E-state index in [1.807, 2.05) is 0 Å². The lowest BCUT2D eigenvalue weighted by molar-refractivity contribution is -0.109. The van der Waals surface area contributed by atoms with Crippen molar-refractivity contribution in [1.29, 1.82) is 0 Å². The molecule has 0 aromatic rings. The normalized spacial score (nSPS) is 10.9. The van der Waals surface area contributed by atoms with Gasteiger partial charge in [-0.05, 0) is 13.8 Å². The van der Waals surface area contributed by atoms with E-state index in [4.69, 9.17) is 9.11 Å². The van der Waals surface area contributed by atoms with E-state index < -0.39 is 30.5 Å². The molecule has 0 heterocycles. The van der Waals surface area contributed by atoms with E-state index in [0.29, 0.717) is 0 Å². The molecule has 0 aromatic heterocycles. The molecule has 0 radical (unpaired) electrons. The quantitative estimate of drug-likeness (QED) is 0.534. The van der Waals surface area contributed by atoms with E-state index in [2.05, 4.69) is 13.2 Å². The molecule has 0 aromatic carbocycles. The molecule has 10 heteroatoms. The Bertz CT molecular complexity index is 525. The van der Waals surface area contributed by atoms with Gasteiger partial charge in [-0.2, -0.15) is 16.8 Å². The maximum Gasteiger partial charge on any atom is 0.333 e. The highest BCUT2D eigenvalue weighted by molar-refractivity contribution is 8.02. The van der Waals surface area contributed by atoms with Gasteiger partial charge in [0.2, 0.25) is 0 Å². The lowest BCUT2D eigenvalue weighted by atomic mass is 10.4. The lowest BCUT2D eigenvalue weighted by Crippen LogP contribution is -2.13. The van der Waals surface area contributed by atoms with Crippen LogP contribution in [0.4, 0.5) is 0 Å². The first kappa shape index (κ1) is 19.0. The third-order valence-electron chi connectivity index (χ3n) is 1.17. The maximum absolute atomic E-state index is 10.2. The van der Waals surface area contributed by atoms with Gasteiger partial charge in [0.25, 0.3) is 10.2 Å². The van der Waals surface area contributed by atoms with Crippen molar-refractivity contribution in [3.63, 3.8) is 0 Å². The third-order valence-corrected chi connectivity index (χ3v) is 2.80. The Kier molecular flexibility index (Phi) is 6.90. The highest BCUT2D eigenvalue weighted by atomic mass is 32.2. The van der Waals surface area contributed by atoms with E-state index in [1.54, 1.807) is 0 Å². The summed E-state index contributed by atoms with van der Waals surface area (Å²) in [5, 5.41) is -2.66. The van der Waals surface area contributed by atoms with Crippen molar-refractivity contribution in [2.75, 3.05) is 0 Å². The molecule has 2 N–H and O–H groups in total. The summed E-state index contributed by atoms with van der Waals surface area (Å²) in [6.45, 7) is 8.47. The second-order valence-corrected chi connectivity index (χ2v) is 5.73. The van der Waals surface area contributed by atoms with Crippen molar-refractivity contribution < 1.29 is 35.5 Å². The maximum atomic E-state index is 10.2. The molecule has 0 rings (SSSR count). The van der Waals surface area contributed by atoms with Crippen LogP contribution in [-0.4, -0.2) is 36.2 Å². The summed E-state index contributed by atoms with van der Waals surface area (Å²) >= 11 is 0. The van der Waals surface area contributed by atoms with Gasteiger partial charge in [-0.15, -0.1) is 0 Å². The van der Waals surface area contributed by atoms with Crippen molar-refractivity contribution in [1.82, 2.24) is 0 Å². The average Bonchev–Trinajstić information content (AvgIpc) is 2.13. The molecule has 0 saturated carbocycles. The first-order valence-corrected chi connectivity index (χ1v) is 6.94. The Morgan fingerprint density at radius 2 is 0.944 bits per heavy atom. The number of rotatable bonds is 2. The van der Waals surface area contributed by atoms with E-state index >= 15 is 0 Å². The summed E-state index contributed by atoms with van der Waals surface area (Å²) in [4.78, 5) is 20.5. The molecular weight excluding hydrogens is 288 g/mol. The van der Waals surface area contributed by atoms with Crippen molar-refractivity contribution >= 4 is 30.5 Å². The van der Waals surface area contributed by atoms with Gasteiger partial charge >= 0.3 is 20.2 Å². The third kappa shape index (κ3) is 7.84. The molecule has 0 aliphatic carbocycles. The Morgan fingerprint density at radius 1 is 0.778 bits per heavy atom. The van der Waals surface area contributed by atoms with Gasteiger partial charge in [-0.1, -0.05) is 13.2 Å². The molecule has 104 valence electrons. The minimum atomic E-state index is -4.54. The van der Waals surface area contributed by atoms with Crippen molar-refractivity contribution in [2.24, 2.45) is 0 Å². The van der Waals surface area contributed by atoms with Gasteiger partial charge in [0, 0.05) is 11.1 Å². The minimum absolute atomic E-state index is 0.197. The van der Waals surface area contributed by atoms with E-state index in [0.717, 1.165) is 0 Å². The molecule has 0 saturated heterocycles. The van der Waals surface area contributed by atoms with Crippen LogP contribution in [0.25, 0.3) is 0 Å². The van der Waals surface area contributed by atoms with Gasteiger partial charge in [0.15, 0.2) is 0 Å². The van der Waals surface area contributed by atoms with Gasteiger partial charge in [0.1, 0.15) is 0 Å². The molecule has 0 unspecified atom stereocenters. The van der Waals surface area contributed by atoms with Gasteiger partial charge in [0.05, 0.1) is 0 Å². The number of hydrogen-bond donors (Lipinski definition) is 2. The summed E-state index contributed by atoms with van der Waals surface area (Å²) in [7, 11) is -9.08. The molecule has 18 heavy (non-hydrogen) atoms. The average molecular weight is 300 g/mol. The topological polar surface area (TPSA) is 143 Å². The lowest BCUT2D eigenvalue weighted by Gasteiger charge is -1.90. The van der Waals surface area contributed by atoms with Crippen molar-refractivity contribution in [2.45, 2.75) is 13.8 Å². The predicted octanol–water partition coefficient (Wildman–Crippen LogP) is -0.0462.